The highest BCUT2D eigenvalue weighted by Gasteiger charge is 2.18. The van der Waals surface area contributed by atoms with Crippen molar-refractivity contribution in [3.8, 4) is 11.5 Å². The average molecular weight is 374 g/mol. The van der Waals surface area contributed by atoms with Crippen molar-refractivity contribution in [2.24, 2.45) is 0 Å². The van der Waals surface area contributed by atoms with Gasteiger partial charge >= 0.3 is 0 Å². The van der Waals surface area contributed by atoms with Gasteiger partial charge in [0.05, 0.1) is 19.1 Å². The molecule has 1 unspecified atom stereocenters. The Labute approximate surface area is 137 Å². The maximum atomic E-state index is 13.5. The topological polar surface area (TPSA) is 18.5 Å². The minimum Gasteiger partial charge on any atom is -0.494 e. The maximum absolute atomic E-state index is 13.5. The summed E-state index contributed by atoms with van der Waals surface area (Å²) >= 11 is 9.98. The minimum absolute atomic E-state index is 0.172. The average Bonchev–Trinajstić information content (AvgIpc) is 2.49. The Morgan fingerprint density at radius 3 is 2.62 bits per heavy atom. The molecule has 0 saturated carbocycles. The predicted molar refractivity (Wildman–Crippen MR) is 86.0 cm³/mol. The lowest BCUT2D eigenvalue weighted by molar-refractivity contribution is 0.336. The highest BCUT2D eigenvalue weighted by Crippen LogP contribution is 2.38. The number of ether oxygens (including phenoxy) is 2. The summed E-state index contributed by atoms with van der Waals surface area (Å²) in [7, 11) is 1.43. The molecule has 1 atom stereocenters. The van der Waals surface area contributed by atoms with Gasteiger partial charge in [-0.05, 0) is 42.8 Å². The molecule has 112 valence electrons. The van der Waals surface area contributed by atoms with Gasteiger partial charge in [0.25, 0.3) is 0 Å². The van der Waals surface area contributed by atoms with Crippen LogP contribution in [0.5, 0.6) is 11.5 Å². The summed E-state index contributed by atoms with van der Waals surface area (Å²) in [4.78, 5) is 0. The van der Waals surface area contributed by atoms with E-state index < -0.39 is 11.2 Å². The number of rotatable bonds is 5. The molecule has 5 heteroatoms. The Hall–Kier alpha value is -1.26. The van der Waals surface area contributed by atoms with Gasteiger partial charge in [-0.15, -0.1) is 11.6 Å². The second-order valence-electron chi connectivity index (χ2n) is 4.37. The number of hydrogen-bond donors (Lipinski definition) is 0. The lowest BCUT2D eigenvalue weighted by Crippen LogP contribution is -2.01. The molecule has 0 aliphatic heterocycles. The molecule has 21 heavy (non-hydrogen) atoms. The number of methoxy groups -OCH3 is 1. The van der Waals surface area contributed by atoms with Gasteiger partial charge < -0.3 is 9.47 Å². The van der Waals surface area contributed by atoms with E-state index in [-0.39, 0.29) is 5.75 Å². The molecular weight excluding hydrogens is 359 g/mol. The summed E-state index contributed by atoms with van der Waals surface area (Å²) in [6.07, 6.45) is 0. The van der Waals surface area contributed by atoms with Gasteiger partial charge in [0.15, 0.2) is 11.6 Å². The second kappa shape index (κ2) is 7.14. The summed E-state index contributed by atoms with van der Waals surface area (Å²) in [5.74, 6) is 0.472. The van der Waals surface area contributed by atoms with E-state index >= 15 is 0 Å². The number of hydrogen-bond acceptors (Lipinski definition) is 2. The number of benzene rings is 2. The van der Waals surface area contributed by atoms with Crippen molar-refractivity contribution in [1.82, 2.24) is 0 Å². The van der Waals surface area contributed by atoms with Crippen molar-refractivity contribution in [1.29, 1.82) is 0 Å². The monoisotopic (exact) mass is 372 g/mol. The van der Waals surface area contributed by atoms with E-state index in [0.717, 1.165) is 15.6 Å². The zero-order valence-corrected chi connectivity index (χ0v) is 14.0. The maximum Gasteiger partial charge on any atom is 0.165 e. The molecule has 2 nitrogen and oxygen atoms in total. The Morgan fingerprint density at radius 2 is 1.95 bits per heavy atom. The van der Waals surface area contributed by atoms with Crippen LogP contribution in [0, 0.1) is 5.82 Å². The highest BCUT2D eigenvalue weighted by molar-refractivity contribution is 9.10. The summed E-state index contributed by atoms with van der Waals surface area (Å²) in [5, 5.41) is -0.460. The molecule has 0 radical (unpaired) electrons. The van der Waals surface area contributed by atoms with Crippen molar-refractivity contribution >= 4 is 27.5 Å². The van der Waals surface area contributed by atoms with E-state index in [2.05, 4.69) is 15.9 Å². The van der Waals surface area contributed by atoms with E-state index in [1.165, 1.54) is 13.2 Å². The molecule has 0 bridgehead atoms. The summed E-state index contributed by atoms with van der Waals surface area (Å²) < 4.78 is 25.0. The van der Waals surface area contributed by atoms with Crippen LogP contribution in [-0.2, 0) is 0 Å². The third-order valence-corrected chi connectivity index (χ3v) is 3.99. The SMILES string of the molecule is CCOc1ccc(Br)cc1C(Cl)c1ccc(F)c(OC)c1. The van der Waals surface area contributed by atoms with E-state index in [9.17, 15) is 4.39 Å². The fourth-order valence-corrected chi connectivity index (χ4v) is 2.70. The van der Waals surface area contributed by atoms with Crippen LogP contribution in [0.2, 0.25) is 0 Å². The Kier molecular flexibility index (Phi) is 5.48. The molecule has 0 saturated heterocycles. The standard InChI is InChI=1S/C16H15BrClFO2/c1-3-21-14-7-5-11(17)9-12(14)16(18)10-4-6-13(19)15(8-10)20-2/h4-9,16H,3H2,1-2H3. The highest BCUT2D eigenvalue weighted by atomic mass is 79.9. The smallest absolute Gasteiger partial charge is 0.165 e. The minimum atomic E-state index is -0.460. The Morgan fingerprint density at radius 1 is 1.19 bits per heavy atom. The first kappa shape index (κ1) is 16.1. The van der Waals surface area contributed by atoms with Gasteiger partial charge in [-0.25, -0.2) is 4.39 Å². The Bertz CT molecular complexity index is 634. The molecule has 2 aromatic carbocycles. The normalized spacial score (nSPS) is 12.0. The molecule has 2 rings (SSSR count). The molecule has 0 aliphatic carbocycles. The van der Waals surface area contributed by atoms with Crippen LogP contribution < -0.4 is 9.47 Å². The van der Waals surface area contributed by atoms with Crippen molar-refractivity contribution in [3.63, 3.8) is 0 Å². The number of alkyl halides is 1. The quantitative estimate of drug-likeness (QED) is 0.660. The Balaban J connectivity index is 2.43. The van der Waals surface area contributed by atoms with Crippen molar-refractivity contribution < 1.29 is 13.9 Å². The van der Waals surface area contributed by atoms with E-state index in [1.807, 2.05) is 25.1 Å². The number of halogens is 3. The lowest BCUT2D eigenvalue weighted by atomic mass is 10.0. The molecule has 2 aromatic rings. The lowest BCUT2D eigenvalue weighted by Gasteiger charge is -2.16. The van der Waals surface area contributed by atoms with Crippen molar-refractivity contribution in [2.45, 2.75) is 12.3 Å². The molecule has 0 aliphatic rings. The molecule has 0 spiro atoms. The fourth-order valence-electron chi connectivity index (χ4n) is 2.02. The molecule has 0 aromatic heterocycles. The van der Waals surface area contributed by atoms with Gasteiger partial charge in [-0.2, -0.15) is 0 Å². The van der Waals surface area contributed by atoms with Crippen LogP contribution >= 0.6 is 27.5 Å². The molecule has 0 heterocycles. The first-order chi connectivity index (χ1) is 10.1. The van der Waals surface area contributed by atoms with Crippen LogP contribution in [0.1, 0.15) is 23.4 Å². The largest absolute Gasteiger partial charge is 0.494 e. The van der Waals surface area contributed by atoms with Crippen LogP contribution in [0.25, 0.3) is 0 Å². The van der Waals surface area contributed by atoms with E-state index in [1.54, 1.807) is 12.1 Å². The molecule has 0 fully saturated rings. The van der Waals surface area contributed by atoms with Crippen LogP contribution in [-0.4, -0.2) is 13.7 Å². The third kappa shape index (κ3) is 3.69. The molecular formula is C16H15BrClFO2. The van der Waals surface area contributed by atoms with E-state index in [0.29, 0.717) is 12.4 Å². The zero-order chi connectivity index (χ0) is 15.4. The summed E-state index contributed by atoms with van der Waals surface area (Å²) in [5.41, 5.74) is 1.57. The van der Waals surface area contributed by atoms with E-state index in [4.69, 9.17) is 21.1 Å². The second-order valence-corrected chi connectivity index (χ2v) is 5.72. The summed E-state index contributed by atoms with van der Waals surface area (Å²) in [6.45, 7) is 2.46. The first-order valence-corrected chi connectivity index (χ1v) is 7.69. The third-order valence-electron chi connectivity index (χ3n) is 3.01. The van der Waals surface area contributed by atoms with Crippen molar-refractivity contribution in [3.05, 3.63) is 57.8 Å². The van der Waals surface area contributed by atoms with Crippen LogP contribution in [0.15, 0.2) is 40.9 Å². The summed E-state index contributed by atoms with van der Waals surface area (Å²) in [6, 6.07) is 10.2. The van der Waals surface area contributed by atoms with Gasteiger partial charge in [0.2, 0.25) is 0 Å². The van der Waals surface area contributed by atoms with Crippen LogP contribution in [0.4, 0.5) is 4.39 Å². The molecule has 0 N–H and O–H groups in total. The van der Waals surface area contributed by atoms with Gasteiger partial charge in [0.1, 0.15) is 5.75 Å². The van der Waals surface area contributed by atoms with Gasteiger partial charge in [0, 0.05) is 10.0 Å². The van der Waals surface area contributed by atoms with Gasteiger partial charge in [-0.1, -0.05) is 22.0 Å². The van der Waals surface area contributed by atoms with Gasteiger partial charge in [-0.3, -0.25) is 0 Å². The van der Waals surface area contributed by atoms with Crippen molar-refractivity contribution in [2.75, 3.05) is 13.7 Å². The predicted octanol–water partition coefficient (Wildman–Crippen LogP) is 5.32. The zero-order valence-electron chi connectivity index (χ0n) is 11.7. The fraction of sp³-hybridized carbons (Fsp3) is 0.250. The molecule has 0 amide bonds. The first-order valence-electron chi connectivity index (χ1n) is 6.46. The van der Waals surface area contributed by atoms with Crippen LogP contribution in [0.3, 0.4) is 0 Å².